The number of carbonyl (C=O) groups excluding carboxylic acids is 1. The number of rotatable bonds is 3. The van der Waals surface area contributed by atoms with E-state index in [1.807, 2.05) is 42.2 Å². The number of fused-ring (bicyclic) bond motifs is 2. The number of amides is 2. The van der Waals surface area contributed by atoms with E-state index < -0.39 is 11.7 Å². The van der Waals surface area contributed by atoms with Gasteiger partial charge in [0, 0.05) is 32.2 Å². The lowest BCUT2D eigenvalue weighted by Crippen LogP contribution is -2.57. The molecule has 2 aliphatic heterocycles. The van der Waals surface area contributed by atoms with Crippen molar-refractivity contribution >= 4 is 17.6 Å². The van der Waals surface area contributed by atoms with Gasteiger partial charge in [-0.2, -0.15) is 13.2 Å². The number of carbonyl (C=O) groups is 1. The van der Waals surface area contributed by atoms with Gasteiger partial charge in [-0.05, 0) is 48.9 Å². The molecule has 0 aromatic heterocycles. The molecule has 2 heterocycles. The van der Waals surface area contributed by atoms with Crippen LogP contribution in [0.2, 0.25) is 0 Å². The van der Waals surface area contributed by atoms with Crippen molar-refractivity contribution in [3.63, 3.8) is 0 Å². The standard InChI is InChI=1S/C28H27F3N4O3/c1-18-17-34(12-13-35(18)27(36)32-16-19-6-4-3-5-7-19)26-22-15-21(37-2)9-11-24(22)38-25-10-8-20(28(29,30)31)14-23(25)33-26/h3-11,14-15,18H,12-13,16-17H2,1-2H3,(H,32,36). The Balaban J connectivity index is 1.42. The molecule has 1 unspecified atom stereocenters. The van der Waals surface area contributed by atoms with Crippen molar-refractivity contribution in [2.45, 2.75) is 25.7 Å². The zero-order chi connectivity index (χ0) is 26.9. The van der Waals surface area contributed by atoms with Gasteiger partial charge >= 0.3 is 12.2 Å². The van der Waals surface area contributed by atoms with Gasteiger partial charge in [-0.1, -0.05) is 30.3 Å². The van der Waals surface area contributed by atoms with Crippen molar-refractivity contribution in [2.24, 2.45) is 4.99 Å². The summed E-state index contributed by atoms with van der Waals surface area (Å²) in [6.07, 6.45) is -4.51. The minimum absolute atomic E-state index is 0.0840. The van der Waals surface area contributed by atoms with Crippen LogP contribution in [0.4, 0.5) is 23.7 Å². The number of piperazine rings is 1. The van der Waals surface area contributed by atoms with E-state index in [1.54, 1.807) is 23.1 Å². The maximum absolute atomic E-state index is 13.5. The van der Waals surface area contributed by atoms with Gasteiger partial charge in [-0.15, -0.1) is 0 Å². The van der Waals surface area contributed by atoms with E-state index >= 15 is 0 Å². The van der Waals surface area contributed by atoms with Crippen molar-refractivity contribution in [3.8, 4) is 17.2 Å². The summed E-state index contributed by atoms with van der Waals surface area (Å²) in [7, 11) is 1.54. The van der Waals surface area contributed by atoms with Gasteiger partial charge in [0.2, 0.25) is 0 Å². The Morgan fingerprint density at radius 1 is 1.08 bits per heavy atom. The van der Waals surface area contributed by atoms with Gasteiger partial charge in [0.05, 0.1) is 18.2 Å². The third kappa shape index (κ3) is 5.25. The fraction of sp³-hybridized carbons (Fsp3) is 0.286. The van der Waals surface area contributed by atoms with Crippen LogP contribution in [0.5, 0.6) is 17.2 Å². The predicted molar refractivity (Wildman–Crippen MR) is 137 cm³/mol. The van der Waals surface area contributed by atoms with Crippen LogP contribution in [-0.2, 0) is 12.7 Å². The zero-order valence-electron chi connectivity index (χ0n) is 21.0. The van der Waals surface area contributed by atoms with E-state index in [0.717, 1.165) is 17.7 Å². The van der Waals surface area contributed by atoms with Crippen molar-refractivity contribution in [3.05, 3.63) is 83.4 Å². The first-order chi connectivity index (χ1) is 18.2. The topological polar surface area (TPSA) is 66.4 Å². The second-order valence-electron chi connectivity index (χ2n) is 9.21. The first-order valence-electron chi connectivity index (χ1n) is 12.2. The highest BCUT2D eigenvalue weighted by Crippen LogP contribution is 2.42. The van der Waals surface area contributed by atoms with Crippen LogP contribution in [-0.4, -0.2) is 54.5 Å². The Morgan fingerprint density at radius 3 is 2.55 bits per heavy atom. The van der Waals surface area contributed by atoms with Crippen molar-refractivity contribution < 1.29 is 27.4 Å². The summed E-state index contributed by atoms with van der Waals surface area (Å²) in [6, 6.07) is 17.8. The summed E-state index contributed by atoms with van der Waals surface area (Å²) >= 11 is 0. The lowest BCUT2D eigenvalue weighted by molar-refractivity contribution is -0.137. The normalized spacial score (nSPS) is 17.0. The number of hydrogen-bond acceptors (Lipinski definition) is 5. The fourth-order valence-electron chi connectivity index (χ4n) is 4.63. The largest absolute Gasteiger partial charge is 0.497 e. The molecule has 7 nitrogen and oxygen atoms in total. The predicted octanol–water partition coefficient (Wildman–Crippen LogP) is 5.81. The molecule has 38 heavy (non-hydrogen) atoms. The van der Waals surface area contributed by atoms with Crippen LogP contribution >= 0.6 is 0 Å². The minimum atomic E-state index is -4.51. The van der Waals surface area contributed by atoms with Crippen LogP contribution in [0.25, 0.3) is 0 Å². The molecule has 3 aromatic carbocycles. The molecule has 10 heteroatoms. The molecule has 0 bridgehead atoms. The van der Waals surface area contributed by atoms with Gasteiger partial charge in [0.25, 0.3) is 0 Å². The third-order valence-corrected chi connectivity index (χ3v) is 6.63. The fourth-order valence-corrected chi connectivity index (χ4v) is 4.63. The molecule has 2 amide bonds. The quantitative estimate of drug-likeness (QED) is 0.470. The number of amidine groups is 1. The van der Waals surface area contributed by atoms with Gasteiger partial charge in [-0.25, -0.2) is 9.79 Å². The van der Waals surface area contributed by atoms with Gasteiger partial charge in [0.15, 0.2) is 5.75 Å². The molecular weight excluding hydrogens is 497 g/mol. The number of methoxy groups -OCH3 is 1. The summed E-state index contributed by atoms with van der Waals surface area (Å²) in [5.74, 6) is 1.72. The Morgan fingerprint density at radius 2 is 1.84 bits per heavy atom. The van der Waals surface area contributed by atoms with Crippen LogP contribution in [0.3, 0.4) is 0 Å². The lowest BCUT2D eigenvalue weighted by atomic mass is 10.1. The van der Waals surface area contributed by atoms with E-state index in [2.05, 4.69) is 10.3 Å². The molecule has 3 aromatic rings. The smallest absolute Gasteiger partial charge is 0.416 e. The van der Waals surface area contributed by atoms with E-state index in [-0.39, 0.29) is 23.5 Å². The minimum Gasteiger partial charge on any atom is -0.497 e. The number of nitrogens with zero attached hydrogens (tertiary/aromatic N) is 3. The summed E-state index contributed by atoms with van der Waals surface area (Å²) in [6.45, 7) is 3.64. The van der Waals surface area contributed by atoms with Crippen molar-refractivity contribution in [2.75, 3.05) is 26.7 Å². The first-order valence-corrected chi connectivity index (χ1v) is 12.2. The van der Waals surface area contributed by atoms with E-state index in [9.17, 15) is 18.0 Å². The molecule has 0 spiro atoms. The number of aliphatic imine (C=N–C) groups is 1. The first kappa shape index (κ1) is 25.4. The average molecular weight is 525 g/mol. The number of benzene rings is 3. The number of ether oxygens (including phenoxy) is 2. The summed E-state index contributed by atoms with van der Waals surface area (Å²) in [5.41, 5.74) is 0.881. The van der Waals surface area contributed by atoms with Gasteiger partial charge in [-0.3, -0.25) is 0 Å². The van der Waals surface area contributed by atoms with Crippen molar-refractivity contribution in [1.82, 2.24) is 15.1 Å². The number of alkyl halides is 3. The Labute approximate surface area is 218 Å². The van der Waals surface area contributed by atoms with Crippen LogP contribution in [0, 0.1) is 0 Å². The van der Waals surface area contributed by atoms with Crippen LogP contribution in [0.15, 0.2) is 71.7 Å². The Bertz CT molecular complexity index is 1360. The van der Waals surface area contributed by atoms with Gasteiger partial charge in [0.1, 0.15) is 23.0 Å². The molecule has 2 aliphatic rings. The summed E-state index contributed by atoms with van der Waals surface area (Å²) in [5, 5.41) is 2.96. The molecule has 1 saturated heterocycles. The number of hydrogen-bond donors (Lipinski definition) is 1. The van der Waals surface area contributed by atoms with E-state index in [0.29, 0.717) is 49.1 Å². The number of halogens is 3. The average Bonchev–Trinajstić information content (AvgIpc) is 3.07. The number of urea groups is 1. The van der Waals surface area contributed by atoms with Crippen LogP contribution < -0.4 is 14.8 Å². The maximum atomic E-state index is 13.5. The highest BCUT2D eigenvalue weighted by atomic mass is 19.4. The van der Waals surface area contributed by atoms with Crippen LogP contribution in [0.1, 0.15) is 23.6 Å². The Hall–Kier alpha value is -4.21. The van der Waals surface area contributed by atoms with E-state index in [4.69, 9.17) is 9.47 Å². The second kappa shape index (κ2) is 10.3. The van der Waals surface area contributed by atoms with Crippen molar-refractivity contribution in [1.29, 1.82) is 0 Å². The molecule has 1 N–H and O–H groups in total. The van der Waals surface area contributed by atoms with Gasteiger partial charge < -0.3 is 24.6 Å². The molecule has 0 aliphatic carbocycles. The summed E-state index contributed by atoms with van der Waals surface area (Å²) < 4.78 is 51.8. The molecule has 0 saturated carbocycles. The highest BCUT2D eigenvalue weighted by molar-refractivity contribution is 6.04. The monoisotopic (exact) mass is 524 g/mol. The molecule has 198 valence electrons. The SMILES string of the molecule is COc1ccc2c(c1)C(N1CCN(C(=O)NCc3ccccc3)C(C)C1)=Nc1cc(C(F)(F)F)ccc1O2. The third-order valence-electron chi connectivity index (χ3n) is 6.63. The molecule has 5 rings (SSSR count). The zero-order valence-corrected chi connectivity index (χ0v) is 21.0. The summed E-state index contributed by atoms with van der Waals surface area (Å²) in [4.78, 5) is 21.3. The molecule has 1 atom stereocenters. The molecular formula is C28H27F3N4O3. The number of nitrogens with one attached hydrogen (secondary N) is 1. The van der Waals surface area contributed by atoms with E-state index in [1.165, 1.54) is 13.2 Å². The molecule has 1 fully saturated rings. The second-order valence-corrected chi connectivity index (χ2v) is 9.21. The lowest BCUT2D eigenvalue weighted by Gasteiger charge is -2.41. The molecule has 0 radical (unpaired) electrons. The maximum Gasteiger partial charge on any atom is 0.416 e. The Kier molecular flexibility index (Phi) is 6.88. The highest BCUT2D eigenvalue weighted by Gasteiger charge is 2.34.